The number of ether oxygens (including phenoxy) is 1. The molecule has 14 heavy (non-hydrogen) atoms. The Morgan fingerprint density at radius 1 is 1.21 bits per heavy atom. The van der Waals surface area contributed by atoms with Gasteiger partial charge in [-0.15, -0.1) is 0 Å². The molecular formula is C11H17NO2. The molecule has 2 N–H and O–H groups in total. The SMILES string of the molecule is CC(C)(C)OC=O.Nc1ccccc1. The highest BCUT2D eigenvalue weighted by Gasteiger charge is 2.07. The first kappa shape index (κ1) is 12.5. The maximum atomic E-state index is 9.60. The lowest BCUT2D eigenvalue weighted by molar-refractivity contribution is -0.138. The Kier molecular flexibility index (Phi) is 5.37. The summed E-state index contributed by atoms with van der Waals surface area (Å²) < 4.78 is 4.55. The van der Waals surface area contributed by atoms with Gasteiger partial charge in [-0.3, -0.25) is 4.79 Å². The Morgan fingerprint density at radius 3 is 1.86 bits per heavy atom. The van der Waals surface area contributed by atoms with Crippen molar-refractivity contribution in [1.29, 1.82) is 0 Å². The fourth-order valence-corrected chi connectivity index (χ4v) is 0.597. The number of hydrogen-bond donors (Lipinski definition) is 1. The van der Waals surface area contributed by atoms with Crippen LogP contribution in [0.3, 0.4) is 0 Å². The van der Waals surface area contributed by atoms with Gasteiger partial charge in [0.1, 0.15) is 5.60 Å². The summed E-state index contributed by atoms with van der Waals surface area (Å²) in [6.07, 6.45) is 0. The molecule has 0 bridgehead atoms. The quantitative estimate of drug-likeness (QED) is 0.552. The highest BCUT2D eigenvalue weighted by molar-refractivity contribution is 5.37. The molecule has 0 saturated heterocycles. The van der Waals surface area contributed by atoms with Crippen molar-refractivity contribution in [2.75, 3.05) is 5.73 Å². The number of carbonyl (C=O) groups excluding carboxylic acids is 1. The molecule has 78 valence electrons. The van der Waals surface area contributed by atoms with E-state index in [0.717, 1.165) is 5.69 Å². The molecule has 0 aliphatic heterocycles. The van der Waals surface area contributed by atoms with Crippen molar-refractivity contribution in [1.82, 2.24) is 0 Å². The molecule has 0 saturated carbocycles. The molecule has 1 rings (SSSR count). The number of carbonyl (C=O) groups is 1. The van der Waals surface area contributed by atoms with Crippen LogP contribution in [0.1, 0.15) is 20.8 Å². The fraction of sp³-hybridized carbons (Fsp3) is 0.364. The number of para-hydroxylation sites is 1. The van der Waals surface area contributed by atoms with Crippen LogP contribution >= 0.6 is 0 Å². The second-order valence-electron chi connectivity index (χ2n) is 3.74. The van der Waals surface area contributed by atoms with Gasteiger partial charge in [0.2, 0.25) is 0 Å². The van der Waals surface area contributed by atoms with E-state index in [-0.39, 0.29) is 5.60 Å². The zero-order chi connectivity index (χ0) is 11.0. The first-order valence-electron chi connectivity index (χ1n) is 4.37. The molecule has 3 heteroatoms. The van der Waals surface area contributed by atoms with Crippen LogP contribution in [0.4, 0.5) is 5.69 Å². The van der Waals surface area contributed by atoms with Crippen molar-refractivity contribution >= 4 is 12.2 Å². The lowest BCUT2D eigenvalue weighted by Gasteiger charge is -2.14. The van der Waals surface area contributed by atoms with Gasteiger partial charge < -0.3 is 10.5 Å². The van der Waals surface area contributed by atoms with Crippen LogP contribution in [-0.4, -0.2) is 12.1 Å². The van der Waals surface area contributed by atoms with Crippen molar-refractivity contribution < 1.29 is 9.53 Å². The lowest BCUT2D eigenvalue weighted by atomic mass is 10.2. The first-order chi connectivity index (χ1) is 6.45. The summed E-state index contributed by atoms with van der Waals surface area (Å²) in [6.45, 7) is 5.92. The predicted molar refractivity (Wildman–Crippen MR) is 57.8 cm³/mol. The Bertz CT molecular complexity index is 252. The van der Waals surface area contributed by atoms with E-state index in [1.807, 2.05) is 51.1 Å². The number of nitrogens with two attached hydrogens (primary N) is 1. The van der Waals surface area contributed by atoms with E-state index in [1.54, 1.807) is 0 Å². The van der Waals surface area contributed by atoms with Crippen LogP contribution < -0.4 is 5.73 Å². The third-order valence-corrected chi connectivity index (χ3v) is 1.20. The third kappa shape index (κ3) is 8.59. The minimum absolute atomic E-state index is 0.318. The van der Waals surface area contributed by atoms with Crippen molar-refractivity contribution in [3.05, 3.63) is 30.3 Å². The molecule has 0 unspecified atom stereocenters. The van der Waals surface area contributed by atoms with Crippen molar-refractivity contribution in [2.24, 2.45) is 0 Å². The minimum Gasteiger partial charge on any atom is -0.462 e. The molecule has 0 heterocycles. The number of benzene rings is 1. The maximum Gasteiger partial charge on any atom is 0.293 e. The Hall–Kier alpha value is -1.51. The smallest absolute Gasteiger partial charge is 0.293 e. The van der Waals surface area contributed by atoms with E-state index in [2.05, 4.69) is 4.74 Å². The Morgan fingerprint density at radius 2 is 1.71 bits per heavy atom. The average Bonchev–Trinajstić information content (AvgIpc) is 2.04. The van der Waals surface area contributed by atoms with Gasteiger partial charge in [0.25, 0.3) is 6.47 Å². The summed E-state index contributed by atoms with van der Waals surface area (Å²) in [4.78, 5) is 9.60. The standard InChI is InChI=1S/C6H7N.C5H10O2/c7-6-4-2-1-3-5-6;1-5(2,3)7-4-6/h1-5H,7H2;4H,1-3H3. The van der Waals surface area contributed by atoms with Crippen LogP contribution in [0.15, 0.2) is 30.3 Å². The molecule has 0 aromatic heterocycles. The molecule has 0 spiro atoms. The van der Waals surface area contributed by atoms with Crippen LogP contribution in [0.2, 0.25) is 0 Å². The van der Waals surface area contributed by atoms with Gasteiger partial charge in [0.05, 0.1) is 0 Å². The van der Waals surface area contributed by atoms with Crippen LogP contribution in [-0.2, 0) is 9.53 Å². The van der Waals surface area contributed by atoms with Crippen LogP contribution in [0.25, 0.3) is 0 Å². The van der Waals surface area contributed by atoms with Crippen molar-refractivity contribution in [3.8, 4) is 0 Å². The summed E-state index contributed by atoms with van der Waals surface area (Å²) >= 11 is 0. The van der Waals surface area contributed by atoms with Gasteiger partial charge in [0.15, 0.2) is 0 Å². The molecule has 0 atom stereocenters. The van der Waals surface area contributed by atoms with E-state index in [4.69, 9.17) is 5.73 Å². The predicted octanol–water partition coefficient (Wildman–Crippen LogP) is 2.23. The van der Waals surface area contributed by atoms with E-state index in [9.17, 15) is 4.79 Å². The number of rotatable bonds is 1. The molecule has 1 aromatic carbocycles. The van der Waals surface area contributed by atoms with Crippen LogP contribution in [0.5, 0.6) is 0 Å². The molecule has 0 radical (unpaired) electrons. The second-order valence-corrected chi connectivity index (χ2v) is 3.74. The summed E-state index contributed by atoms with van der Waals surface area (Å²) in [5.41, 5.74) is 5.86. The van der Waals surface area contributed by atoms with Gasteiger partial charge in [-0.1, -0.05) is 18.2 Å². The van der Waals surface area contributed by atoms with Crippen LogP contribution in [0, 0.1) is 0 Å². The number of hydrogen-bond acceptors (Lipinski definition) is 3. The summed E-state index contributed by atoms with van der Waals surface area (Å²) in [5.74, 6) is 0. The highest BCUT2D eigenvalue weighted by Crippen LogP contribution is 2.02. The zero-order valence-electron chi connectivity index (χ0n) is 8.86. The normalized spacial score (nSPS) is 9.64. The Labute approximate surface area is 84.9 Å². The monoisotopic (exact) mass is 195 g/mol. The second kappa shape index (κ2) is 6.02. The largest absolute Gasteiger partial charge is 0.462 e. The highest BCUT2D eigenvalue weighted by atomic mass is 16.5. The molecule has 0 aliphatic rings. The van der Waals surface area contributed by atoms with E-state index < -0.39 is 0 Å². The van der Waals surface area contributed by atoms with Crippen molar-refractivity contribution in [2.45, 2.75) is 26.4 Å². The zero-order valence-corrected chi connectivity index (χ0v) is 8.86. The summed E-state index contributed by atoms with van der Waals surface area (Å²) in [7, 11) is 0. The third-order valence-electron chi connectivity index (χ3n) is 1.20. The topological polar surface area (TPSA) is 52.3 Å². The van der Waals surface area contributed by atoms with Gasteiger partial charge in [-0.2, -0.15) is 0 Å². The van der Waals surface area contributed by atoms with Gasteiger partial charge in [-0.05, 0) is 32.9 Å². The molecular weight excluding hydrogens is 178 g/mol. The molecule has 1 aromatic rings. The molecule has 3 nitrogen and oxygen atoms in total. The molecule has 0 amide bonds. The molecule has 0 fully saturated rings. The van der Waals surface area contributed by atoms with Gasteiger partial charge in [-0.25, -0.2) is 0 Å². The maximum absolute atomic E-state index is 9.60. The van der Waals surface area contributed by atoms with E-state index in [1.165, 1.54) is 0 Å². The average molecular weight is 195 g/mol. The lowest BCUT2D eigenvalue weighted by Crippen LogP contribution is -2.17. The Balaban J connectivity index is 0.000000241. The number of nitrogen functional groups attached to an aromatic ring is 1. The summed E-state index contributed by atoms with van der Waals surface area (Å²) in [5, 5.41) is 0. The fourth-order valence-electron chi connectivity index (χ4n) is 0.597. The first-order valence-corrected chi connectivity index (χ1v) is 4.37. The van der Waals surface area contributed by atoms with Gasteiger partial charge >= 0.3 is 0 Å². The van der Waals surface area contributed by atoms with E-state index in [0.29, 0.717) is 6.47 Å². The van der Waals surface area contributed by atoms with Crippen molar-refractivity contribution in [3.63, 3.8) is 0 Å². The minimum atomic E-state index is -0.318. The summed E-state index contributed by atoms with van der Waals surface area (Å²) in [6, 6.07) is 9.49. The number of anilines is 1. The van der Waals surface area contributed by atoms with E-state index >= 15 is 0 Å². The molecule has 0 aliphatic carbocycles. The van der Waals surface area contributed by atoms with Gasteiger partial charge in [0, 0.05) is 5.69 Å².